The molecule has 0 saturated carbocycles. The van der Waals surface area contributed by atoms with Crippen molar-refractivity contribution >= 4 is 11.8 Å². The van der Waals surface area contributed by atoms with Crippen LogP contribution < -0.4 is 5.73 Å². The minimum atomic E-state index is -0.471. The van der Waals surface area contributed by atoms with E-state index < -0.39 is 11.9 Å². The van der Waals surface area contributed by atoms with E-state index in [2.05, 4.69) is 0 Å². The van der Waals surface area contributed by atoms with Crippen LogP contribution in [-0.4, -0.2) is 29.3 Å². The van der Waals surface area contributed by atoms with Crippen LogP contribution >= 0.6 is 0 Å². The Morgan fingerprint density at radius 1 is 0.955 bits per heavy atom. The zero-order chi connectivity index (χ0) is 15.5. The molecule has 22 heavy (non-hydrogen) atoms. The van der Waals surface area contributed by atoms with E-state index in [9.17, 15) is 9.59 Å². The number of carbonyl (C=O) groups is 2. The van der Waals surface area contributed by atoms with Gasteiger partial charge in [-0.25, -0.2) is 0 Å². The maximum Gasteiger partial charge on any atom is 0.254 e. The quantitative estimate of drug-likeness (QED) is 0.945. The lowest BCUT2D eigenvalue weighted by Crippen LogP contribution is -2.43. The predicted octanol–water partition coefficient (Wildman–Crippen LogP) is 2.44. The first kappa shape index (κ1) is 14.3. The van der Waals surface area contributed by atoms with E-state index in [0.717, 1.165) is 17.5 Å². The van der Waals surface area contributed by atoms with E-state index >= 15 is 0 Å². The van der Waals surface area contributed by atoms with Gasteiger partial charge in [0.15, 0.2) is 0 Å². The molecule has 112 valence electrons. The predicted molar refractivity (Wildman–Crippen MR) is 85.1 cm³/mol. The van der Waals surface area contributed by atoms with E-state index in [1.165, 1.54) is 0 Å². The molecule has 0 aliphatic carbocycles. The number of primary amides is 1. The lowest BCUT2D eigenvalue weighted by molar-refractivity contribution is -0.121. The molecule has 2 aromatic rings. The number of hydrogen-bond donors (Lipinski definition) is 1. The summed E-state index contributed by atoms with van der Waals surface area (Å²) in [6.45, 7) is 0.590. The third-order valence-corrected chi connectivity index (χ3v) is 4.08. The monoisotopic (exact) mass is 294 g/mol. The minimum Gasteiger partial charge on any atom is -0.368 e. The first-order valence-electron chi connectivity index (χ1n) is 7.42. The molecule has 1 aliphatic heterocycles. The number of amides is 2. The Labute approximate surface area is 129 Å². The van der Waals surface area contributed by atoms with Crippen molar-refractivity contribution in [3.05, 3.63) is 60.2 Å². The molecular weight excluding hydrogens is 276 g/mol. The van der Waals surface area contributed by atoms with E-state index in [4.69, 9.17) is 5.73 Å². The Balaban J connectivity index is 1.81. The highest BCUT2D eigenvalue weighted by Gasteiger charge is 2.32. The first-order chi connectivity index (χ1) is 10.7. The van der Waals surface area contributed by atoms with Gasteiger partial charge in [-0.2, -0.15) is 0 Å². The Bertz CT molecular complexity index is 680. The lowest BCUT2D eigenvalue weighted by Gasteiger charge is -2.22. The molecular formula is C18H18N2O2. The van der Waals surface area contributed by atoms with Gasteiger partial charge in [-0.05, 0) is 36.1 Å². The SMILES string of the molecule is NC(=O)[C@@H]1CCCN1C(=O)c1ccc(-c2ccccc2)cc1. The maximum absolute atomic E-state index is 12.5. The molecule has 2 aromatic carbocycles. The van der Waals surface area contributed by atoms with Crippen LogP contribution in [0.5, 0.6) is 0 Å². The number of carbonyl (C=O) groups excluding carboxylic acids is 2. The average Bonchev–Trinajstić information content (AvgIpc) is 3.05. The van der Waals surface area contributed by atoms with Crippen LogP contribution in [0, 0.1) is 0 Å². The molecule has 1 saturated heterocycles. The standard InChI is InChI=1S/C18H18N2O2/c19-17(21)16-7-4-12-20(16)18(22)15-10-8-14(9-11-15)13-5-2-1-3-6-13/h1-3,5-6,8-11,16H,4,7,12H2,(H2,19,21)/t16-/m0/s1. The Morgan fingerprint density at radius 3 is 2.23 bits per heavy atom. The van der Waals surface area contributed by atoms with Gasteiger partial charge in [-0.1, -0.05) is 42.5 Å². The summed E-state index contributed by atoms with van der Waals surface area (Å²) in [7, 11) is 0. The van der Waals surface area contributed by atoms with Crippen LogP contribution in [0.25, 0.3) is 11.1 Å². The average molecular weight is 294 g/mol. The molecule has 4 heteroatoms. The number of rotatable bonds is 3. The van der Waals surface area contributed by atoms with Crippen molar-refractivity contribution in [2.24, 2.45) is 5.73 Å². The highest BCUT2D eigenvalue weighted by atomic mass is 16.2. The second kappa shape index (κ2) is 6.02. The molecule has 4 nitrogen and oxygen atoms in total. The smallest absolute Gasteiger partial charge is 0.254 e. The van der Waals surface area contributed by atoms with Crippen molar-refractivity contribution in [2.45, 2.75) is 18.9 Å². The van der Waals surface area contributed by atoms with Crippen LogP contribution in [0.2, 0.25) is 0 Å². The number of hydrogen-bond acceptors (Lipinski definition) is 2. The van der Waals surface area contributed by atoms with Crippen LogP contribution in [0.4, 0.5) is 0 Å². The third-order valence-electron chi connectivity index (χ3n) is 4.08. The van der Waals surface area contributed by atoms with Gasteiger partial charge in [-0.3, -0.25) is 9.59 Å². The molecule has 1 heterocycles. The van der Waals surface area contributed by atoms with Gasteiger partial charge in [0.2, 0.25) is 5.91 Å². The summed E-state index contributed by atoms with van der Waals surface area (Å²) in [5, 5.41) is 0. The Morgan fingerprint density at radius 2 is 1.59 bits per heavy atom. The molecule has 0 spiro atoms. The van der Waals surface area contributed by atoms with Crippen LogP contribution in [0.1, 0.15) is 23.2 Å². The summed E-state index contributed by atoms with van der Waals surface area (Å²) >= 11 is 0. The molecule has 0 bridgehead atoms. The fourth-order valence-corrected chi connectivity index (χ4v) is 2.91. The van der Waals surface area contributed by atoms with Crippen molar-refractivity contribution in [2.75, 3.05) is 6.54 Å². The van der Waals surface area contributed by atoms with Crippen LogP contribution in [0.3, 0.4) is 0 Å². The molecule has 0 aromatic heterocycles. The number of nitrogens with two attached hydrogens (primary N) is 1. The van der Waals surface area contributed by atoms with Crippen molar-refractivity contribution in [1.29, 1.82) is 0 Å². The molecule has 2 N–H and O–H groups in total. The lowest BCUT2D eigenvalue weighted by atomic mass is 10.0. The highest BCUT2D eigenvalue weighted by Crippen LogP contribution is 2.23. The fourth-order valence-electron chi connectivity index (χ4n) is 2.91. The first-order valence-corrected chi connectivity index (χ1v) is 7.42. The zero-order valence-corrected chi connectivity index (χ0v) is 12.2. The highest BCUT2D eigenvalue weighted by molar-refractivity contribution is 5.98. The number of likely N-dealkylation sites (tertiary alicyclic amines) is 1. The summed E-state index contributed by atoms with van der Waals surface area (Å²) < 4.78 is 0. The molecule has 1 fully saturated rings. The van der Waals surface area contributed by atoms with Gasteiger partial charge >= 0.3 is 0 Å². The normalized spacial score (nSPS) is 17.5. The molecule has 3 rings (SSSR count). The van der Waals surface area contributed by atoms with Gasteiger partial charge in [0.25, 0.3) is 5.91 Å². The second-order valence-electron chi connectivity index (χ2n) is 5.50. The van der Waals surface area contributed by atoms with Gasteiger partial charge in [-0.15, -0.1) is 0 Å². The largest absolute Gasteiger partial charge is 0.368 e. The Kier molecular flexibility index (Phi) is 3.92. The van der Waals surface area contributed by atoms with Crippen molar-refractivity contribution in [3.63, 3.8) is 0 Å². The third kappa shape index (κ3) is 2.72. The topological polar surface area (TPSA) is 63.4 Å². The molecule has 0 unspecified atom stereocenters. The van der Waals surface area contributed by atoms with Gasteiger partial charge in [0, 0.05) is 12.1 Å². The van der Waals surface area contributed by atoms with E-state index in [-0.39, 0.29) is 5.91 Å². The summed E-state index contributed by atoms with van der Waals surface area (Å²) in [5.74, 6) is -0.548. The van der Waals surface area contributed by atoms with Gasteiger partial charge < -0.3 is 10.6 Å². The number of nitrogens with zero attached hydrogens (tertiary/aromatic N) is 1. The molecule has 1 aliphatic rings. The van der Waals surface area contributed by atoms with Crippen molar-refractivity contribution in [1.82, 2.24) is 4.90 Å². The fraction of sp³-hybridized carbons (Fsp3) is 0.222. The maximum atomic E-state index is 12.5. The minimum absolute atomic E-state index is 0.124. The van der Waals surface area contributed by atoms with Crippen molar-refractivity contribution < 1.29 is 9.59 Å². The van der Waals surface area contributed by atoms with E-state index in [0.29, 0.717) is 18.5 Å². The Hall–Kier alpha value is -2.62. The summed E-state index contributed by atoms with van der Waals surface area (Å²) in [6, 6.07) is 17.0. The molecule has 0 radical (unpaired) electrons. The van der Waals surface area contributed by atoms with E-state index in [1.807, 2.05) is 42.5 Å². The van der Waals surface area contributed by atoms with Crippen LogP contribution in [-0.2, 0) is 4.79 Å². The van der Waals surface area contributed by atoms with Gasteiger partial charge in [0.1, 0.15) is 6.04 Å². The second-order valence-corrected chi connectivity index (χ2v) is 5.50. The molecule has 1 atom stereocenters. The number of benzene rings is 2. The summed E-state index contributed by atoms with van der Waals surface area (Å²) in [6.07, 6.45) is 1.48. The van der Waals surface area contributed by atoms with Crippen LogP contribution in [0.15, 0.2) is 54.6 Å². The van der Waals surface area contributed by atoms with E-state index in [1.54, 1.807) is 17.0 Å². The summed E-state index contributed by atoms with van der Waals surface area (Å²) in [4.78, 5) is 25.5. The van der Waals surface area contributed by atoms with Gasteiger partial charge in [0.05, 0.1) is 0 Å². The molecule has 2 amide bonds. The zero-order valence-electron chi connectivity index (χ0n) is 12.2. The summed E-state index contributed by atoms with van der Waals surface area (Å²) in [5.41, 5.74) is 8.13. The van der Waals surface area contributed by atoms with Crippen molar-refractivity contribution in [3.8, 4) is 11.1 Å².